The Hall–Kier alpha value is -3.05. The second-order valence-corrected chi connectivity index (χ2v) is 6.81. The summed E-state index contributed by atoms with van der Waals surface area (Å²) < 4.78 is 16.7. The maximum atomic E-state index is 12.6. The quantitative estimate of drug-likeness (QED) is 0.807. The van der Waals surface area contributed by atoms with Crippen LogP contribution in [0.3, 0.4) is 0 Å². The summed E-state index contributed by atoms with van der Waals surface area (Å²) in [6, 6.07) is 11.9. The lowest BCUT2D eigenvalue weighted by Crippen LogP contribution is -2.44. The van der Waals surface area contributed by atoms with E-state index in [1.807, 2.05) is 42.5 Å². The summed E-state index contributed by atoms with van der Waals surface area (Å²) in [7, 11) is 3.30. The fraction of sp³-hybridized carbons (Fsp3) is 0.227. The van der Waals surface area contributed by atoms with E-state index in [2.05, 4.69) is 12.1 Å². The summed E-state index contributed by atoms with van der Waals surface area (Å²) in [5.41, 5.74) is 3.13. The minimum absolute atomic E-state index is 0.209. The van der Waals surface area contributed by atoms with Gasteiger partial charge in [0, 0.05) is 19.2 Å². The van der Waals surface area contributed by atoms with Crippen LogP contribution >= 0.6 is 0 Å². The number of nitrogens with zero attached hydrogens (tertiary/aromatic N) is 1. The van der Waals surface area contributed by atoms with Crippen LogP contribution in [0.2, 0.25) is 0 Å². The minimum atomic E-state index is -0.325. The van der Waals surface area contributed by atoms with Crippen LogP contribution in [-0.2, 0) is 9.47 Å². The molecule has 2 aliphatic heterocycles. The van der Waals surface area contributed by atoms with Crippen molar-refractivity contribution in [2.24, 2.45) is 0 Å². The van der Waals surface area contributed by atoms with E-state index in [9.17, 15) is 4.79 Å². The van der Waals surface area contributed by atoms with Gasteiger partial charge in [-0.05, 0) is 40.1 Å². The molecule has 2 aromatic carbocycles. The summed E-state index contributed by atoms with van der Waals surface area (Å²) in [5.74, 6) is 1.38. The molecule has 0 fully saturated rings. The number of carbonyl (C=O) groups excluding carboxylic acids is 1. The molecule has 27 heavy (non-hydrogen) atoms. The lowest BCUT2D eigenvalue weighted by molar-refractivity contribution is 0.105. The molecule has 2 atom stereocenters. The average Bonchev–Trinajstić information content (AvgIpc) is 2.72. The monoisotopic (exact) mass is 361 g/mol. The second-order valence-electron chi connectivity index (χ2n) is 6.81. The number of carbonyl (C=O) groups is 1. The predicted octanol–water partition coefficient (Wildman–Crippen LogP) is 4.12. The Balaban J connectivity index is 1.75. The molecule has 0 radical (unpaired) electrons. The van der Waals surface area contributed by atoms with Crippen molar-refractivity contribution in [1.29, 1.82) is 0 Å². The van der Waals surface area contributed by atoms with Gasteiger partial charge < -0.3 is 14.2 Å². The number of hydrogen-bond acceptors (Lipinski definition) is 4. The molecule has 2 unspecified atom stereocenters. The SMILES string of the molecule is COC1=CC2=CCN3C(=O)Oc4ccc5ccccc5c4C3C2=CC1OC. The van der Waals surface area contributed by atoms with Gasteiger partial charge in [-0.25, -0.2) is 4.79 Å². The van der Waals surface area contributed by atoms with E-state index in [-0.39, 0.29) is 18.2 Å². The molecule has 5 rings (SSSR count). The Morgan fingerprint density at radius 1 is 1.15 bits per heavy atom. The van der Waals surface area contributed by atoms with Crippen molar-refractivity contribution in [2.75, 3.05) is 20.8 Å². The zero-order valence-corrected chi connectivity index (χ0v) is 15.1. The fourth-order valence-electron chi connectivity index (χ4n) is 4.21. The first kappa shape index (κ1) is 16.1. The van der Waals surface area contributed by atoms with E-state index in [4.69, 9.17) is 14.2 Å². The number of rotatable bonds is 2. The molecule has 136 valence electrons. The van der Waals surface area contributed by atoms with Crippen LogP contribution in [0.5, 0.6) is 5.75 Å². The van der Waals surface area contributed by atoms with Gasteiger partial charge in [0.2, 0.25) is 0 Å². The highest BCUT2D eigenvalue weighted by Gasteiger charge is 2.41. The van der Waals surface area contributed by atoms with E-state index in [1.54, 1.807) is 19.1 Å². The molecule has 0 spiro atoms. The van der Waals surface area contributed by atoms with Crippen LogP contribution in [0.1, 0.15) is 11.6 Å². The normalized spacial score (nSPS) is 23.4. The molecule has 5 heteroatoms. The van der Waals surface area contributed by atoms with Crippen LogP contribution in [0.15, 0.2) is 71.5 Å². The first-order valence-corrected chi connectivity index (χ1v) is 8.92. The highest BCUT2D eigenvalue weighted by Crippen LogP contribution is 2.48. The van der Waals surface area contributed by atoms with E-state index in [0.717, 1.165) is 33.2 Å². The minimum Gasteiger partial charge on any atom is -0.498 e. The number of amides is 1. The molecule has 2 heterocycles. The molecule has 1 aliphatic carbocycles. The third-order valence-electron chi connectivity index (χ3n) is 5.48. The average molecular weight is 361 g/mol. The largest absolute Gasteiger partial charge is 0.498 e. The molecule has 0 bridgehead atoms. The van der Waals surface area contributed by atoms with Gasteiger partial charge in [-0.3, -0.25) is 4.90 Å². The highest BCUT2D eigenvalue weighted by atomic mass is 16.6. The number of hydrogen-bond donors (Lipinski definition) is 0. The van der Waals surface area contributed by atoms with Crippen molar-refractivity contribution >= 4 is 16.9 Å². The van der Waals surface area contributed by atoms with Crippen molar-refractivity contribution in [3.8, 4) is 5.75 Å². The highest BCUT2D eigenvalue weighted by molar-refractivity contribution is 5.92. The van der Waals surface area contributed by atoms with Crippen LogP contribution in [0, 0.1) is 0 Å². The summed E-state index contributed by atoms with van der Waals surface area (Å²) >= 11 is 0. The lowest BCUT2D eigenvalue weighted by atomic mass is 9.82. The molecule has 2 aromatic rings. The Labute approximate surface area is 157 Å². The Morgan fingerprint density at radius 3 is 2.81 bits per heavy atom. The van der Waals surface area contributed by atoms with Crippen molar-refractivity contribution in [1.82, 2.24) is 4.90 Å². The summed E-state index contributed by atoms with van der Waals surface area (Å²) in [6.07, 6.45) is 5.48. The second kappa shape index (κ2) is 5.99. The fourth-order valence-corrected chi connectivity index (χ4v) is 4.21. The molecular weight excluding hydrogens is 342 g/mol. The van der Waals surface area contributed by atoms with Crippen LogP contribution in [0.25, 0.3) is 10.8 Å². The smallest absolute Gasteiger partial charge is 0.416 e. The van der Waals surface area contributed by atoms with Gasteiger partial charge in [-0.15, -0.1) is 0 Å². The molecule has 1 amide bonds. The summed E-state index contributed by atoms with van der Waals surface area (Å²) in [5, 5.41) is 2.22. The number of fused-ring (bicyclic) bond motifs is 7. The van der Waals surface area contributed by atoms with Gasteiger partial charge in [0.05, 0.1) is 13.2 Å². The zero-order valence-electron chi connectivity index (χ0n) is 15.1. The Bertz CT molecular complexity index is 1050. The Kier molecular flexibility index (Phi) is 3.58. The van der Waals surface area contributed by atoms with Crippen molar-refractivity contribution < 1.29 is 19.0 Å². The molecule has 0 saturated heterocycles. The molecule has 0 saturated carbocycles. The van der Waals surface area contributed by atoms with Gasteiger partial charge in [0.25, 0.3) is 0 Å². The van der Waals surface area contributed by atoms with Gasteiger partial charge >= 0.3 is 6.09 Å². The molecular formula is C22H19NO4. The van der Waals surface area contributed by atoms with Gasteiger partial charge in [0.15, 0.2) is 0 Å². The van der Waals surface area contributed by atoms with E-state index in [0.29, 0.717) is 12.3 Å². The van der Waals surface area contributed by atoms with Gasteiger partial charge in [0.1, 0.15) is 17.6 Å². The topological polar surface area (TPSA) is 48.0 Å². The molecule has 3 aliphatic rings. The van der Waals surface area contributed by atoms with Crippen LogP contribution < -0.4 is 4.74 Å². The zero-order chi connectivity index (χ0) is 18.5. The van der Waals surface area contributed by atoms with E-state index < -0.39 is 0 Å². The number of ether oxygens (including phenoxy) is 3. The summed E-state index contributed by atoms with van der Waals surface area (Å²) in [4.78, 5) is 14.4. The lowest BCUT2D eigenvalue weighted by Gasteiger charge is -2.42. The van der Waals surface area contributed by atoms with Crippen LogP contribution in [0.4, 0.5) is 4.79 Å². The third kappa shape index (κ3) is 2.32. The van der Waals surface area contributed by atoms with Gasteiger partial charge in [-0.2, -0.15) is 0 Å². The van der Waals surface area contributed by atoms with Crippen molar-refractivity contribution in [3.63, 3.8) is 0 Å². The number of methoxy groups -OCH3 is 2. The standard InChI is InChI=1S/C22H19NO4/c1-25-18-11-14-9-10-23-21(16(14)12-19(18)26-2)20-15-6-4-3-5-13(15)7-8-17(20)27-22(23)24/h3-9,11-12,19,21H,10H2,1-2H3. The van der Waals surface area contributed by atoms with E-state index in [1.165, 1.54) is 0 Å². The maximum Gasteiger partial charge on any atom is 0.416 e. The van der Waals surface area contributed by atoms with Crippen LogP contribution in [-0.4, -0.2) is 37.9 Å². The first-order valence-electron chi connectivity index (χ1n) is 8.92. The van der Waals surface area contributed by atoms with Gasteiger partial charge in [-0.1, -0.05) is 36.4 Å². The summed E-state index contributed by atoms with van der Waals surface area (Å²) in [6.45, 7) is 0.490. The number of allylic oxidation sites excluding steroid dienone is 1. The predicted molar refractivity (Wildman–Crippen MR) is 101 cm³/mol. The third-order valence-corrected chi connectivity index (χ3v) is 5.48. The first-order chi connectivity index (χ1) is 13.2. The van der Waals surface area contributed by atoms with E-state index >= 15 is 0 Å². The van der Waals surface area contributed by atoms with Crippen molar-refractivity contribution in [2.45, 2.75) is 12.1 Å². The number of benzene rings is 2. The Morgan fingerprint density at radius 2 is 2.00 bits per heavy atom. The molecule has 0 N–H and O–H groups in total. The molecule has 0 aromatic heterocycles. The molecule has 5 nitrogen and oxygen atoms in total. The maximum absolute atomic E-state index is 12.6. The van der Waals surface area contributed by atoms with Crippen molar-refractivity contribution in [3.05, 3.63) is 77.1 Å².